The number of carboxylic acids is 1. The van der Waals surface area contributed by atoms with Gasteiger partial charge in [0.2, 0.25) is 0 Å². The molecule has 1 aliphatic carbocycles. The summed E-state index contributed by atoms with van der Waals surface area (Å²) in [6, 6.07) is 5.47. The molecule has 4 amide bonds. The average molecular weight is 430 g/mol. The number of rotatable bonds is 5. The number of imide groups is 1. The van der Waals surface area contributed by atoms with Crippen molar-refractivity contribution < 1.29 is 24.3 Å². The van der Waals surface area contributed by atoms with Crippen LogP contribution in [-0.4, -0.2) is 53.0 Å². The normalized spacial score (nSPS) is 18.5. The summed E-state index contributed by atoms with van der Waals surface area (Å²) in [5.74, 6) is -1.46. The van der Waals surface area contributed by atoms with Gasteiger partial charge in [0.1, 0.15) is 6.54 Å². The summed E-state index contributed by atoms with van der Waals surface area (Å²) in [6.07, 6.45) is 5.69. The molecule has 1 aromatic rings. The number of hydrogen-bond acceptors (Lipinski definition) is 4. The van der Waals surface area contributed by atoms with E-state index in [9.17, 15) is 24.3 Å². The number of fused-ring (bicyclic) bond motifs is 1. The van der Waals surface area contributed by atoms with Crippen LogP contribution in [0, 0.1) is 5.41 Å². The molecule has 1 aliphatic heterocycles. The Morgan fingerprint density at radius 1 is 0.903 bits per heavy atom. The summed E-state index contributed by atoms with van der Waals surface area (Å²) in [6.45, 7) is 4.31. The second kappa shape index (κ2) is 9.08. The van der Waals surface area contributed by atoms with Crippen LogP contribution in [0.25, 0.3) is 0 Å². The van der Waals surface area contributed by atoms with Gasteiger partial charge in [-0.3, -0.25) is 19.4 Å². The number of anilines is 2. The second-order valence-electron chi connectivity index (χ2n) is 9.31. The van der Waals surface area contributed by atoms with E-state index in [0.29, 0.717) is 11.4 Å². The fourth-order valence-electron chi connectivity index (χ4n) is 4.13. The molecule has 0 aromatic heterocycles. The molecule has 1 N–H and O–H groups in total. The standard InChI is InChI=1S/C23H31N3O5/c1-23(2,3)19(27)14-24-17-12-8-9-13-18(17)26(16-10-6-4-5-7-11-16)22(31)25(21(24)30)15-20(28)29/h8-9,12-13,16H,4-7,10-11,14-15H2,1-3H3,(H,28,29). The lowest BCUT2D eigenvalue weighted by molar-refractivity contribution is -0.137. The van der Waals surface area contributed by atoms with Crippen LogP contribution in [0.5, 0.6) is 0 Å². The highest BCUT2D eigenvalue weighted by Crippen LogP contribution is 2.38. The Morgan fingerprint density at radius 2 is 1.48 bits per heavy atom. The molecule has 2 aliphatic rings. The highest BCUT2D eigenvalue weighted by Gasteiger charge is 2.42. The van der Waals surface area contributed by atoms with Gasteiger partial charge >= 0.3 is 18.0 Å². The van der Waals surface area contributed by atoms with Crippen LogP contribution in [0.15, 0.2) is 24.3 Å². The number of aliphatic carboxylic acids is 1. The van der Waals surface area contributed by atoms with Gasteiger partial charge in [0.05, 0.1) is 17.9 Å². The molecular formula is C23H31N3O5. The molecular weight excluding hydrogens is 398 g/mol. The maximum atomic E-state index is 13.5. The van der Waals surface area contributed by atoms with E-state index in [-0.39, 0.29) is 18.4 Å². The monoisotopic (exact) mass is 429 g/mol. The minimum Gasteiger partial charge on any atom is -0.480 e. The second-order valence-corrected chi connectivity index (χ2v) is 9.31. The van der Waals surface area contributed by atoms with Gasteiger partial charge in [-0.05, 0) is 25.0 Å². The molecule has 0 saturated heterocycles. The summed E-state index contributed by atoms with van der Waals surface area (Å²) < 4.78 is 0. The van der Waals surface area contributed by atoms with E-state index in [0.717, 1.165) is 43.4 Å². The first-order chi connectivity index (χ1) is 14.6. The van der Waals surface area contributed by atoms with E-state index in [1.54, 1.807) is 49.9 Å². The maximum absolute atomic E-state index is 13.5. The van der Waals surface area contributed by atoms with Crippen LogP contribution in [0.3, 0.4) is 0 Å². The van der Waals surface area contributed by atoms with Crippen molar-refractivity contribution >= 4 is 35.2 Å². The van der Waals surface area contributed by atoms with Crippen LogP contribution >= 0.6 is 0 Å². The zero-order chi connectivity index (χ0) is 22.8. The fraction of sp³-hybridized carbons (Fsp3) is 0.565. The van der Waals surface area contributed by atoms with Gasteiger partial charge in [0.15, 0.2) is 5.78 Å². The molecule has 1 aromatic carbocycles. The maximum Gasteiger partial charge on any atom is 0.333 e. The Morgan fingerprint density at radius 3 is 2.03 bits per heavy atom. The Balaban J connectivity index is 2.12. The number of ketones is 1. The average Bonchev–Trinajstić information content (AvgIpc) is 3.01. The van der Waals surface area contributed by atoms with E-state index in [4.69, 9.17) is 0 Å². The number of urea groups is 2. The first-order valence-corrected chi connectivity index (χ1v) is 10.9. The quantitative estimate of drug-likeness (QED) is 0.705. The Hall–Kier alpha value is -2.90. The van der Waals surface area contributed by atoms with Gasteiger partial charge in [-0.15, -0.1) is 0 Å². The molecule has 1 fully saturated rings. The van der Waals surface area contributed by atoms with Crippen molar-refractivity contribution in [2.45, 2.75) is 65.3 Å². The minimum atomic E-state index is -1.28. The van der Waals surface area contributed by atoms with Crippen molar-refractivity contribution in [3.05, 3.63) is 24.3 Å². The molecule has 168 valence electrons. The van der Waals surface area contributed by atoms with Gasteiger partial charge in [0.25, 0.3) is 0 Å². The summed E-state index contributed by atoms with van der Waals surface area (Å²) >= 11 is 0. The van der Waals surface area contributed by atoms with Crippen LogP contribution < -0.4 is 9.80 Å². The van der Waals surface area contributed by atoms with E-state index in [1.807, 2.05) is 0 Å². The molecule has 0 unspecified atom stereocenters. The van der Waals surface area contributed by atoms with Crippen molar-refractivity contribution in [3.63, 3.8) is 0 Å². The van der Waals surface area contributed by atoms with Crippen LogP contribution in [-0.2, 0) is 9.59 Å². The molecule has 3 rings (SSSR count). The van der Waals surface area contributed by atoms with E-state index in [1.165, 1.54) is 4.90 Å². The number of hydrogen-bond donors (Lipinski definition) is 1. The SMILES string of the molecule is CC(C)(C)C(=O)CN1C(=O)N(CC(=O)O)C(=O)N(C2CCCCCC2)c2ccccc21. The predicted octanol–water partition coefficient (Wildman–Crippen LogP) is 4.28. The molecule has 8 heteroatoms. The number of carboxylic acid groups (broad SMARTS) is 1. The zero-order valence-electron chi connectivity index (χ0n) is 18.5. The van der Waals surface area contributed by atoms with Gasteiger partial charge in [0, 0.05) is 11.5 Å². The molecule has 1 heterocycles. The number of benzene rings is 1. The number of Topliss-reactive ketones (excluding diaryl/α,β-unsaturated/α-hetero) is 1. The Kier molecular flexibility index (Phi) is 6.67. The Labute approximate surface area is 182 Å². The third-order valence-corrected chi connectivity index (χ3v) is 5.95. The van der Waals surface area contributed by atoms with Crippen LogP contribution in [0.2, 0.25) is 0 Å². The van der Waals surface area contributed by atoms with Crippen LogP contribution in [0.1, 0.15) is 59.3 Å². The Bertz CT molecular complexity index is 868. The number of nitrogens with zero attached hydrogens (tertiary/aromatic N) is 3. The first-order valence-electron chi connectivity index (χ1n) is 10.9. The predicted molar refractivity (Wildman–Crippen MR) is 117 cm³/mol. The summed E-state index contributed by atoms with van der Waals surface area (Å²) in [4.78, 5) is 54.9. The molecule has 8 nitrogen and oxygen atoms in total. The molecule has 1 saturated carbocycles. The lowest BCUT2D eigenvalue weighted by Crippen LogP contribution is -2.54. The number of amides is 4. The van der Waals surface area contributed by atoms with E-state index >= 15 is 0 Å². The molecule has 0 atom stereocenters. The van der Waals surface area contributed by atoms with Crippen molar-refractivity contribution in [1.29, 1.82) is 0 Å². The van der Waals surface area contributed by atoms with E-state index < -0.39 is 30.0 Å². The van der Waals surface area contributed by atoms with Crippen molar-refractivity contribution in [2.75, 3.05) is 22.9 Å². The first kappa shape index (κ1) is 22.8. The largest absolute Gasteiger partial charge is 0.480 e. The summed E-state index contributed by atoms with van der Waals surface area (Å²) in [7, 11) is 0. The topological polar surface area (TPSA) is 98.2 Å². The van der Waals surface area contributed by atoms with Crippen molar-refractivity contribution in [3.8, 4) is 0 Å². The van der Waals surface area contributed by atoms with Gasteiger partial charge in [-0.1, -0.05) is 58.6 Å². The molecule has 0 bridgehead atoms. The lowest BCUT2D eigenvalue weighted by Gasteiger charge is -2.32. The fourth-order valence-corrected chi connectivity index (χ4v) is 4.13. The highest BCUT2D eigenvalue weighted by atomic mass is 16.4. The number of carbonyl (C=O) groups is 4. The van der Waals surface area contributed by atoms with Gasteiger partial charge in [-0.2, -0.15) is 0 Å². The molecule has 0 radical (unpaired) electrons. The summed E-state index contributed by atoms with van der Waals surface area (Å²) in [5, 5.41) is 9.40. The van der Waals surface area contributed by atoms with Gasteiger partial charge in [-0.25, -0.2) is 14.5 Å². The third kappa shape index (κ3) is 4.89. The van der Waals surface area contributed by atoms with Crippen molar-refractivity contribution in [2.24, 2.45) is 5.41 Å². The summed E-state index contributed by atoms with van der Waals surface area (Å²) in [5.41, 5.74) is 0.308. The third-order valence-electron chi connectivity index (χ3n) is 5.95. The smallest absolute Gasteiger partial charge is 0.333 e. The van der Waals surface area contributed by atoms with Gasteiger partial charge < -0.3 is 5.11 Å². The minimum absolute atomic E-state index is 0.126. The zero-order valence-corrected chi connectivity index (χ0v) is 18.5. The van der Waals surface area contributed by atoms with Crippen LogP contribution in [0.4, 0.5) is 21.0 Å². The number of para-hydroxylation sites is 2. The van der Waals surface area contributed by atoms with E-state index in [2.05, 4.69) is 0 Å². The van der Waals surface area contributed by atoms with Crippen molar-refractivity contribution in [1.82, 2.24) is 4.90 Å². The molecule has 31 heavy (non-hydrogen) atoms. The molecule has 0 spiro atoms. The number of carbonyl (C=O) groups excluding carboxylic acids is 3. The lowest BCUT2D eigenvalue weighted by atomic mass is 9.90. The highest BCUT2D eigenvalue weighted by molar-refractivity contribution is 6.15.